The van der Waals surface area contributed by atoms with Crippen LogP contribution in [0, 0.1) is 11.3 Å². The van der Waals surface area contributed by atoms with E-state index >= 15 is 0 Å². The molecule has 0 saturated heterocycles. The maximum Gasteiger partial charge on any atom is 0.288 e. The molecule has 12 heavy (non-hydrogen) atoms. The van der Waals surface area contributed by atoms with Crippen molar-refractivity contribution in [2.75, 3.05) is 0 Å². The van der Waals surface area contributed by atoms with Crippen LogP contribution in [-0.4, -0.2) is 11.9 Å². The van der Waals surface area contributed by atoms with Crippen LogP contribution in [0.5, 0.6) is 0 Å². The Balaban J connectivity index is 2.57. The van der Waals surface area contributed by atoms with E-state index in [4.69, 9.17) is 9.68 Å². The molecule has 0 aliphatic carbocycles. The Morgan fingerprint density at radius 2 is 2.58 bits per heavy atom. The fourth-order valence-corrected chi connectivity index (χ4v) is 0.708. The largest absolute Gasteiger partial charge is 0.459 e. The fourth-order valence-electron chi connectivity index (χ4n) is 0.708. The molecule has 62 valence electrons. The highest BCUT2D eigenvalue weighted by Crippen LogP contribution is 1.99. The smallest absolute Gasteiger partial charge is 0.288 e. The second kappa shape index (κ2) is 3.58. The van der Waals surface area contributed by atoms with Crippen molar-refractivity contribution in [3.05, 3.63) is 24.2 Å². The van der Waals surface area contributed by atoms with Crippen molar-refractivity contribution in [2.24, 2.45) is 0 Å². The summed E-state index contributed by atoms with van der Waals surface area (Å²) in [6, 6.07) is 4.54. The predicted molar refractivity (Wildman–Crippen MR) is 41.2 cm³/mol. The van der Waals surface area contributed by atoms with Crippen molar-refractivity contribution in [3.63, 3.8) is 0 Å². The van der Waals surface area contributed by atoms with Crippen molar-refractivity contribution in [2.45, 2.75) is 13.0 Å². The first-order valence-electron chi connectivity index (χ1n) is 3.48. The van der Waals surface area contributed by atoms with Crippen LogP contribution >= 0.6 is 0 Å². The van der Waals surface area contributed by atoms with E-state index in [1.54, 1.807) is 19.1 Å². The summed E-state index contributed by atoms with van der Waals surface area (Å²) < 4.78 is 4.82. The van der Waals surface area contributed by atoms with Crippen LogP contribution in [0.4, 0.5) is 0 Å². The minimum Gasteiger partial charge on any atom is -0.459 e. The highest BCUT2D eigenvalue weighted by molar-refractivity contribution is 5.91. The molecule has 0 bridgehead atoms. The van der Waals surface area contributed by atoms with Gasteiger partial charge in [-0.15, -0.1) is 0 Å². The summed E-state index contributed by atoms with van der Waals surface area (Å²) in [6.45, 7) is 1.60. The average molecular weight is 164 g/mol. The lowest BCUT2D eigenvalue weighted by Gasteiger charge is -2.02. The van der Waals surface area contributed by atoms with Gasteiger partial charge in [-0.1, -0.05) is 0 Å². The number of amides is 1. The summed E-state index contributed by atoms with van der Waals surface area (Å²) >= 11 is 0. The molecule has 1 N–H and O–H groups in total. The molecule has 1 atom stereocenters. The zero-order chi connectivity index (χ0) is 8.97. The highest BCUT2D eigenvalue weighted by atomic mass is 16.3. The molecule has 0 aliphatic rings. The van der Waals surface area contributed by atoms with Crippen LogP contribution in [0.1, 0.15) is 17.5 Å². The van der Waals surface area contributed by atoms with Gasteiger partial charge in [0.25, 0.3) is 5.91 Å². The van der Waals surface area contributed by atoms with E-state index in [2.05, 4.69) is 5.32 Å². The van der Waals surface area contributed by atoms with Crippen LogP contribution in [0.15, 0.2) is 22.8 Å². The molecule has 1 rings (SSSR count). The highest BCUT2D eigenvalue weighted by Gasteiger charge is 2.10. The quantitative estimate of drug-likeness (QED) is 0.706. The van der Waals surface area contributed by atoms with Gasteiger partial charge in [0.05, 0.1) is 12.3 Å². The third-order valence-electron chi connectivity index (χ3n) is 1.29. The number of carbonyl (C=O) groups excluding carboxylic acids is 1. The van der Waals surface area contributed by atoms with Crippen molar-refractivity contribution in [3.8, 4) is 6.07 Å². The molecule has 0 radical (unpaired) electrons. The molecule has 1 aromatic rings. The Kier molecular flexibility index (Phi) is 2.49. The summed E-state index contributed by atoms with van der Waals surface area (Å²) in [7, 11) is 0. The summed E-state index contributed by atoms with van der Waals surface area (Å²) in [6.07, 6.45) is 1.41. The minimum absolute atomic E-state index is 0.220. The Labute approximate surface area is 69.8 Å². The lowest BCUT2D eigenvalue weighted by Crippen LogP contribution is -2.30. The van der Waals surface area contributed by atoms with Gasteiger partial charge >= 0.3 is 0 Å². The number of hydrogen-bond acceptors (Lipinski definition) is 3. The molecule has 1 amide bonds. The van der Waals surface area contributed by atoms with E-state index in [1.165, 1.54) is 6.26 Å². The molecule has 0 aliphatic heterocycles. The van der Waals surface area contributed by atoms with Gasteiger partial charge < -0.3 is 9.73 Å². The number of nitrogens with one attached hydrogen (secondary N) is 1. The van der Waals surface area contributed by atoms with Crippen LogP contribution in [-0.2, 0) is 0 Å². The number of nitrogens with zero attached hydrogens (tertiary/aromatic N) is 1. The van der Waals surface area contributed by atoms with Gasteiger partial charge in [0.15, 0.2) is 5.76 Å². The molecule has 1 aromatic heterocycles. The number of nitriles is 1. The third kappa shape index (κ3) is 1.86. The van der Waals surface area contributed by atoms with E-state index in [-0.39, 0.29) is 11.7 Å². The molecule has 0 unspecified atom stereocenters. The van der Waals surface area contributed by atoms with Crippen LogP contribution in [0.2, 0.25) is 0 Å². The third-order valence-corrected chi connectivity index (χ3v) is 1.29. The van der Waals surface area contributed by atoms with Crippen molar-refractivity contribution in [1.29, 1.82) is 5.26 Å². The van der Waals surface area contributed by atoms with Gasteiger partial charge in [0.2, 0.25) is 0 Å². The molecule has 0 aromatic carbocycles. The first kappa shape index (κ1) is 8.34. The van der Waals surface area contributed by atoms with Crippen LogP contribution in [0.3, 0.4) is 0 Å². The normalized spacial score (nSPS) is 11.7. The maximum atomic E-state index is 11.1. The lowest BCUT2D eigenvalue weighted by atomic mass is 10.3. The molecule has 0 spiro atoms. The molecule has 4 heteroatoms. The molecule has 4 nitrogen and oxygen atoms in total. The Bertz CT molecular complexity index is 297. The average Bonchev–Trinajstić information content (AvgIpc) is 2.56. The van der Waals surface area contributed by atoms with E-state index in [1.807, 2.05) is 6.07 Å². The van der Waals surface area contributed by atoms with Gasteiger partial charge in [-0.2, -0.15) is 5.26 Å². The Morgan fingerprint density at radius 3 is 3.08 bits per heavy atom. The maximum absolute atomic E-state index is 11.1. The summed E-state index contributed by atoms with van der Waals surface area (Å²) in [5.41, 5.74) is 0. The van der Waals surface area contributed by atoms with Crippen LogP contribution < -0.4 is 5.32 Å². The molecular formula is C8H8N2O2. The topological polar surface area (TPSA) is 66.0 Å². The summed E-state index contributed by atoms with van der Waals surface area (Å²) in [5.74, 6) is -0.147. The van der Waals surface area contributed by atoms with Gasteiger partial charge in [-0.05, 0) is 19.1 Å². The second-order valence-corrected chi connectivity index (χ2v) is 2.30. The predicted octanol–water partition coefficient (Wildman–Crippen LogP) is 0.921. The van der Waals surface area contributed by atoms with Gasteiger partial charge in [-0.3, -0.25) is 4.79 Å². The van der Waals surface area contributed by atoms with E-state index in [0.29, 0.717) is 0 Å². The minimum atomic E-state index is -0.498. The van der Waals surface area contributed by atoms with E-state index < -0.39 is 6.04 Å². The monoisotopic (exact) mass is 164 g/mol. The number of furan rings is 1. The van der Waals surface area contributed by atoms with Gasteiger partial charge in [0, 0.05) is 0 Å². The number of hydrogen-bond donors (Lipinski definition) is 1. The van der Waals surface area contributed by atoms with Crippen molar-refractivity contribution < 1.29 is 9.21 Å². The SMILES string of the molecule is C[C@H](C#N)NC(=O)c1ccco1. The fraction of sp³-hybridized carbons (Fsp3) is 0.250. The lowest BCUT2D eigenvalue weighted by molar-refractivity contribution is 0.0920. The zero-order valence-electron chi connectivity index (χ0n) is 6.57. The van der Waals surface area contributed by atoms with Crippen LogP contribution in [0.25, 0.3) is 0 Å². The van der Waals surface area contributed by atoms with E-state index in [0.717, 1.165) is 0 Å². The number of carbonyl (C=O) groups is 1. The van der Waals surface area contributed by atoms with Gasteiger partial charge in [0.1, 0.15) is 6.04 Å². The van der Waals surface area contributed by atoms with Gasteiger partial charge in [-0.25, -0.2) is 0 Å². The zero-order valence-corrected chi connectivity index (χ0v) is 6.57. The first-order chi connectivity index (χ1) is 5.74. The number of rotatable bonds is 2. The molecule has 0 saturated carbocycles. The second-order valence-electron chi connectivity index (χ2n) is 2.30. The Morgan fingerprint density at radius 1 is 1.83 bits per heavy atom. The first-order valence-corrected chi connectivity index (χ1v) is 3.48. The summed E-state index contributed by atoms with van der Waals surface area (Å²) in [5, 5.41) is 10.8. The van der Waals surface area contributed by atoms with Crippen molar-refractivity contribution >= 4 is 5.91 Å². The van der Waals surface area contributed by atoms with Crippen molar-refractivity contribution in [1.82, 2.24) is 5.32 Å². The van der Waals surface area contributed by atoms with E-state index in [9.17, 15) is 4.79 Å². The molecular weight excluding hydrogens is 156 g/mol. The molecule has 0 fully saturated rings. The Hall–Kier alpha value is -1.76. The summed E-state index contributed by atoms with van der Waals surface area (Å²) in [4.78, 5) is 11.1. The standard InChI is InChI=1S/C8H8N2O2/c1-6(5-9)10-8(11)7-3-2-4-12-7/h2-4,6H,1H3,(H,10,11)/t6-/m1/s1. The molecule has 1 heterocycles.